The van der Waals surface area contributed by atoms with Gasteiger partial charge in [-0.3, -0.25) is 15.0 Å². The first-order chi connectivity index (χ1) is 12.9. The fourth-order valence-corrected chi connectivity index (χ4v) is 4.24. The van der Waals surface area contributed by atoms with E-state index in [-0.39, 0.29) is 17.4 Å². The van der Waals surface area contributed by atoms with E-state index in [0.717, 1.165) is 17.7 Å². The fourth-order valence-electron chi connectivity index (χ4n) is 3.87. The maximum absolute atomic E-state index is 12.9. The van der Waals surface area contributed by atoms with Crippen molar-refractivity contribution in [3.8, 4) is 0 Å². The molecule has 140 valence electrons. The van der Waals surface area contributed by atoms with Gasteiger partial charge in [0.25, 0.3) is 0 Å². The van der Waals surface area contributed by atoms with Crippen LogP contribution in [0, 0.1) is 0 Å². The number of hydrogen-bond donors (Lipinski definition) is 1. The monoisotopic (exact) mass is 449 g/mol. The molecule has 0 radical (unpaired) electrons. The highest BCUT2D eigenvalue weighted by Gasteiger charge is 2.49. The number of likely N-dealkylation sites (tertiary alicyclic amines) is 1. The van der Waals surface area contributed by atoms with E-state index in [1.165, 1.54) is 12.4 Å². The van der Waals surface area contributed by atoms with E-state index >= 15 is 0 Å². The first-order valence-electron chi connectivity index (χ1n) is 8.50. The normalized spacial score (nSPS) is 20.9. The van der Waals surface area contributed by atoms with Crippen LogP contribution in [0.3, 0.4) is 0 Å². The molecule has 1 aromatic carbocycles. The number of carbonyl (C=O) groups is 2. The van der Waals surface area contributed by atoms with Gasteiger partial charge in [-0.05, 0) is 46.1 Å². The van der Waals surface area contributed by atoms with Gasteiger partial charge in [0, 0.05) is 42.7 Å². The zero-order valence-electron chi connectivity index (χ0n) is 14.6. The van der Waals surface area contributed by atoms with E-state index in [1.54, 1.807) is 17.9 Å². The van der Waals surface area contributed by atoms with Crippen LogP contribution in [0.15, 0.2) is 35.2 Å². The number of aromatic nitrogens is 2. The van der Waals surface area contributed by atoms with Gasteiger partial charge in [-0.1, -0.05) is 11.6 Å². The predicted molar refractivity (Wildman–Crippen MR) is 106 cm³/mol. The van der Waals surface area contributed by atoms with E-state index < -0.39 is 0 Å². The van der Waals surface area contributed by atoms with E-state index in [2.05, 4.69) is 31.2 Å². The number of carbonyl (C=O) groups excluding carboxylic acids is 2. The summed E-state index contributed by atoms with van der Waals surface area (Å²) in [6.07, 6.45) is 3.81. The molecule has 2 aromatic rings. The SMILES string of the molecule is CC(=O)N1CCC2(C1)CN(C(=O)Nc1cnc(Br)cn1)c1ccc(Cl)cc12. The van der Waals surface area contributed by atoms with Gasteiger partial charge in [0.1, 0.15) is 4.60 Å². The second-order valence-electron chi connectivity index (χ2n) is 6.87. The summed E-state index contributed by atoms with van der Waals surface area (Å²) in [4.78, 5) is 36.5. The molecular formula is C18H17BrClN5O2. The van der Waals surface area contributed by atoms with Crippen molar-refractivity contribution in [3.05, 3.63) is 45.8 Å². The van der Waals surface area contributed by atoms with Crippen molar-refractivity contribution in [2.45, 2.75) is 18.8 Å². The van der Waals surface area contributed by atoms with Crippen molar-refractivity contribution < 1.29 is 9.59 Å². The van der Waals surface area contributed by atoms with E-state index in [9.17, 15) is 9.59 Å². The van der Waals surface area contributed by atoms with E-state index in [4.69, 9.17) is 11.6 Å². The Balaban J connectivity index is 1.64. The van der Waals surface area contributed by atoms with E-state index in [0.29, 0.717) is 35.1 Å². The van der Waals surface area contributed by atoms with Crippen LogP contribution in [0.1, 0.15) is 18.9 Å². The Morgan fingerprint density at radius 2 is 2.07 bits per heavy atom. The Labute approximate surface area is 169 Å². The zero-order chi connectivity index (χ0) is 19.2. The van der Waals surface area contributed by atoms with Crippen LogP contribution in [-0.4, -0.2) is 46.4 Å². The minimum atomic E-state index is -0.297. The molecule has 2 aliphatic rings. The lowest BCUT2D eigenvalue weighted by Gasteiger charge is -2.25. The summed E-state index contributed by atoms with van der Waals surface area (Å²) in [5.74, 6) is 0.417. The first kappa shape index (κ1) is 18.2. The predicted octanol–water partition coefficient (Wildman–Crippen LogP) is 3.43. The number of rotatable bonds is 1. The Morgan fingerprint density at radius 1 is 1.26 bits per heavy atom. The number of hydrogen-bond acceptors (Lipinski definition) is 4. The molecule has 0 aliphatic carbocycles. The maximum atomic E-state index is 12.9. The number of amides is 3. The molecule has 0 bridgehead atoms. The smallest absolute Gasteiger partial charge is 0.327 e. The molecule has 3 amide bonds. The van der Waals surface area contributed by atoms with Crippen molar-refractivity contribution in [2.24, 2.45) is 0 Å². The summed E-state index contributed by atoms with van der Waals surface area (Å²) in [6.45, 7) is 3.32. The Bertz CT molecular complexity index is 922. The number of fused-ring (bicyclic) bond motifs is 2. The van der Waals surface area contributed by atoms with Gasteiger partial charge in [0.15, 0.2) is 5.82 Å². The summed E-state index contributed by atoms with van der Waals surface area (Å²) in [7, 11) is 0. The lowest BCUT2D eigenvalue weighted by Crippen LogP contribution is -2.41. The highest BCUT2D eigenvalue weighted by Crippen LogP contribution is 2.47. The van der Waals surface area contributed by atoms with E-state index in [1.807, 2.05) is 17.0 Å². The average molecular weight is 451 g/mol. The average Bonchev–Trinajstić information content (AvgIpc) is 3.20. The summed E-state index contributed by atoms with van der Waals surface area (Å²) >= 11 is 9.46. The Kier molecular flexibility index (Phi) is 4.55. The molecule has 1 unspecified atom stereocenters. The fraction of sp³-hybridized carbons (Fsp3) is 0.333. The van der Waals surface area contributed by atoms with Crippen LogP contribution in [0.2, 0.25) is 5.02 Å². The van der Waals surface area contributed by atoms with Crippen molar-refractivity contribution in [1.29, 1.82) is 0 Å². The number of urea groups is 1. The third-order valence-electron chi connectivity index (χ3n) is 5.18. The van der Waals surface area contributed by atoms with Gasteiger partial charge < -0.3 is 4.90 Å². The third kappa shape index (κ3) is 3.27. The molecule has 7 nitrogen and oxygen atoms in total. The standard InChI is InChI=1S/C18H17BrClN5O2/c1-11(26)24-5-4-18(9-24)10-25(14-3-2-12(20)6-13(14)18)17(27)23-16-8-21-15(19)7-22-16/h2-3,6-8H,4-5,9-10H2,1H3,(H,22,23,27). The van der Waals surface area contributed by atoms with Crippen LogP contribution in [0.25, 0.3) is 0 Å². The van der Waals surface area contributed by atoms with Gasteiger partial charge in [0.2, 0.25) is 5.91 Å². The number of halogens is 2. The summed E-state index contributed by atoms with van der Waals surface area (Å²) in [5, 5.41) is 3.41. The van der Waals surface area contributed by atoms with Gasteiger partial charge >= 0.3 is 6.03 Å². The Morgan fingerprint density at radius 3 is 2.74 bits per heavy atom. The molecule has 9 heteroatoms. The van der Waals surface area contributed by atoms with Crippen LogP contribution in [-0.2, 0) is 10.2 Å². The molecule has 27 heavy (non-hydrogen) atoms. The molecule has 4 rings (SSSR count). The third-order valence-corrected chi connectivity index (χ3v) is 5.83. The quantitative estimate of drug-likeness (QED) is 0.722. The number of nitrogens with zero attached hydrogens (tertiary/aromatic N) is 4. The summed E-state index contributed by atoms with van der Waals surface area (Å²) in [6, 6.07) is 5.26. The maximum Gasteiger partial charge on any atom is 0.327 e. The molecule has 0 saturated carbocycles. The number of anilines is 2. The van der Waals surface area contributed by atoms with Gasteiger partial charge in [-0.2, -0.15) is 0 Å². The zero-order valence-corrected chi connectivity index (χ0v) is 16.9. The van der Waals surface area contributed by atoms with Crippen molar-refractivity contribution >= 4 is 51.0 Å². The second-order valence-corrected chi connectivity index (χ2v) is 8.12. The van der Waals surface area contributed by atoms with Gasteiger partial charge in [-0.15, -0.1) is 0 Å². The molecule has 1 N–H and O–H groups in total. The van der Waals surface area contributed by atoms with Crippen molar-refractivity contribution in [2.75, 3.05) is 29.9 Å². The summed E-state index contributed by atoms with van der Waals surface area (Å²) in [5.41, 5.74) is 1.53. The molecule has 1 saturated heterocycles. The van der Waals surface area contributed by atoms with Crippen LogP contribution >= 0.6 is 27.5 Å². The molecule has 2 aliphatic heterocycles. The molecule has 1 fully saturated rings. The molecular weight excluding hydrogens is 434 g/mol. The highest BCUT2D eigenvalue weighted by molar-refractivity contribution is 9.10. The van der Waals surface area contributed by atoms with Gasteiger partial charge in [0.05, 0.1) is 12.4 Å². The Hall–Kier alpha value is -2.19. The largest absolute Gasteiger partial charge is 0.342 e. The highest BCUT2D eigenvalue weighted by atomic mass is 79.9. The van der Waals surface area contributed by atoms with Crippen LogP contribution in [0.5, 0.6) is 0 Å². The molecule has 1 atom stereocenters. The van der Waals surface area contributed by atoms with Crippen LogP contribution < -0.4 is 10.2 Å². The van der Waals surface area contributed by atoms with Crippen molar-refractivity contribution in [1.82, 2.24) is 14.9 Å². The second kappa shape index (κ2) is 6.76. The number of benzene rings is 1. The molecule has 3 heterocycles. The molecule has 1 aromatic heterocycles. The molecule has 1 spiro atoms. The first-order valence-corrected chi connectivity index (χ1v) is 9.67. The minimum absolute atomic E-state index is 0.0449. The summed E-state index contributed by atoms with van der Waals surface area (Å²) < 4.78 is 0.593. The lowest BCUT2D eigenvalue weighted by atomic mass is 9.81. The van der Waals surface area contributed by atoms with Crippen LogP contribution in [0.4, 0.5) is 16.3 Å². The van der Waals surface area contributed by atoms with Crippen molar-refractivity contribution in [3.63, 3.8) is 0 Å². The minimum Gasteiger partial charge on any atom is -0.342 e. The topological polar surface area (TPSA) is 78.4 Å². The van der Waals surface area contributed by atoms with Gasteiger partial charge in [-0.25, -0.2) is 14.8 Å². The lowest BCUT2D eigenvalue weighted by molar-refractivity contribution is -0.127. The number of nitrogens with one attached hydrogen (secondary N) is 1.